The van der Waals surface area contributed by atoms with Crippen molar-refractivity contribution in [2.45, 2.75) is 38.2 Å². The van der Waals surface area contributed by atoms with Crippen molar-refractivity contribution in [1.82, 2.24) is 9.88 Å². The molecule has 15 heteroatoms. The van der Waals surface area contributed by atoms with Crippen LogP contribution in [0.3, 0.4) is 0 Å². The Kier molecular flexibility index (Phi) is 12.2. The lowest BCUT2D eigenvalue weighted by Crippen LogP contribution is -2.33. The molecule has 0 aliphatic carbocycles. The summed E-state index contributed by atoms with van der Waals surface area (Å²) in [7, 11) is 4.05. The number of rotatable bonds is 5. The number of hydrogen-bond acceptors (Lipinski definition) is 6. The number of benzene rings is 1. The van der Waals surface area contributed by atoms with Crippen LogP contribution in [-0.2, 0) is 22.6 Å². The number of anilines is 1. The van der Waals surface area contributed by atoms with Crippen molar-refractivity contribution in [2.75, 3.05) is 32.1 Å². The molecule has 2 heterocycles. The van der Waals surface area contributed by atoms with Crippen molar-refractivity contribution in [3.8, 4) is 0 Å². The molecule has 0 spiro atoms. The number of carbonyl (C=O) groups is 2. The normalized spacial score (nSPS) is 14.6. The van der Waals surface area contributed by atoms with Gasteiger partial charge in [-0.3, -0.25) is 4.90 Å². The molecule has 37 heavy (non-hydrogen) atoms. The van der Waals surface area contributed by atoms with E-state index >= 15 is 0 Å². The lowest BCUT2D eigenvalue weighted by atomic mass is 9.90. The Morgan fingerprint density at radius 3 is 1.92 bits per heavy atom. The molecule has 7 nitrogen and oxygen atoms in total. The molecular formula is C22H26F7N3O4S. The van der Waals surface area contributed by atoms with E-state index < -0.39 is 24.3 Å². The fraction of sp³-hybridized carbons (Fsp3) is 0.500. The molecule has 0 saturated carbocycles. The number of aliphatic carboxylic acids is 2. The number of piperidine rings is 1. The van der Waals surface area contributed by atoms with Gasteiger partial charge in [0.05, 0.1) is 0 Å². The van der Waals surface area contributed by atoms with E-state index in [0.29, 0.717) is 5.92 Å². The van der Waals surface area contributed by atoms with Crippen molar-refractivity contribution in [3.63, 3.8) is 0 Å². The number of hydrogen-bond donors (Lipinski definition) is 2. The van der Waals surface area contributed by atoms with E-state index in [1.807, 2.05) is 32.4 Å². The summed E-state index contributed by atoms with van der Waals surface area (Å²) >= 11 is 1.76. The lowest BCUT2D eigenvalue weighted by Gasteiger charge is -2.31. The van der Waals surface area contributed by atoms with Gasteiger partial charge >= 0.3 is 24.3 Å². The zero-order valence-corrected chi connectivity index (χ0v) is 20.6. The third-order valence-corrected chi connectivity index (χ3v) is 6.11. The minimum atomic E-state index is -5.08. The summed E-state index contributed by atoms with van der Waals surface area (Å²) in [4.78, 5) is 28.1. The summed E-state index contributed by atoms with van der Waals surface area (Å²) in [5.74, 6) is -4.97. The van der Waals surface area contributed by atoms with Gasteiger partial charge in [-0.1, -0.05) is 18.2 Å². The van der Waals surface area contributed by atoms with Gasteiger partial charge in [-0.25, -0.2) is 19.0 Å². The van der Waals surface area contributed by atoms with Gasteiger partial charge < -0.3 is 15.1 Å². The molecule has 1 aromatic carbocycles. The number of aromatic nitrogens is 1. The number of likely N-dealkylation sites (tertiary alicyclic amines) is 1. The highest BCUT2D eigenvalue weighted by Crippen LogP contribution is 2.26. The first kappa shape index (κ1) is 32.1. The average molecular weight is 562 g/mol. The molecule has 1 aromatic heterocycles. The molecule has 3 rings (SSSR count). The van der Waals surface area contributed by atoms with E-state index in [9.17, 15) is 30.7 Å². The van der Waals surface area contributed by atoms with Crippen LogP contribution >= 0.6 is 11.3 Å². The highest BCUT2D eigenvalue weighted by Gasteiger charge is 2.38. The van der Waals surface area contributed by atoms with E-state index in [-0.39, 0.29) is 5.82 Å². The first-order chi connectivity index (χ1) is 17.0. The topological polar surface area (TPSA) is 94.0 Å². The van der Waals surface area contributed by atoms with Crippen LogP contribution in [0.25, 0.3) is 0 Å². The fourth-order valence-corrected chi connectivity index (χ4v) is 4.00. The number of halogens is 7. The maximum atomic E-state index is 13.8. The molecule has 0 unspecified atom stereocenters. The second-order valence-corrected chi connectivity index (χ2v) is 9.22. The molecule has 1 aliphatic rings. The van der Waals surface area contributed by atoms with E-state index in [4.69, 9.17) is 19.8 Å². The second kappa shape index (κ2) is 14.1. The summed E-state index contributed by atoms with van der Waals surface area (Å²) in [5, 5.41) is 15.3. The largest absolute Gasteiger partial charge is 0.490 e. The van der Waals surface area contributed by atoms with Crippen molar-refractivity contribution in [3.05, 3.63) is 46.7 Å². The van der Waals surface area contributed by atoms with E-state index in [0.717, 1.165) is 49.6 Å². The molecule has 208 valence electrons. The van der Waals surface area contributed by atoms with Crippen LogP contribution in [0.2, 0.25) is 0 Å². The Hall–Kier alpha value is -2.94. The van der Waals surface area contributed by atoms with Crippen LogP contribution in [0, 0.1) is 11.7 Å². The number of carboxylic acid groups (broad SMARTS) is 2. The van der Waals surface area contributed by atoms with Gasteiger partial charge in [-0.05, 0) is 49.9 Å². The molecular weight excluding hydrogens is 535 g/mol. The van der Waals surface area contributed by atoms with Crippen molar-refractivity contribution in [1.29, 1.82) is 0 Å². The van der Waals surface area contributed by atoms with Crippen LogP contribution in [0.1, 0.15) is 23.3 Å². The fourth-order valence-electron chi connectivity index (χ4n) is 3.12. The number of thiazole rings is 1. The van der Waals surface area contributed by atoms with Gasteiger partial charge in [-0.2, -0.15) is 26.3 Å². The Bertz CT molecular complexity index is 981. The van der Waals surface area contributed by atoms with Crippen molar-refractivity contribution in [2.24, 2.45) is 5.92 Å². The third kappa shape index (κ3) is 12.2. The maximum absolute atomic E-state index is 13.8. The second-order valence-electron chi connectivity index (χ2n) is 8.12. The molecule has 1 saturated heterocycles. The summed E-state index contributed by atoms with van der Waals surface area (Å²) in [6.07, 6.45) is -5.02. The van der Waals surface area contributed by atoms with Crippen LogP contribution in [0.5, 0.6) is 0 Å². The van der Waals surface area contributed by atoms with Gasteiger partial charge in [0.15, 0.2) is 5.13 Å². The Morgan fingerprint density at radius 1 is 1.03 bits per heavy atom. The molecule has 1 fully saturated rings. The first-order valence-corrected chi connectivity index (χ1v) is 11.5. The average Bonchev–Trinajstić information content (AvgIpc) is 3.25. The zero-order chi connectivity index (χ0) is 28.4. The zero-order valence-electron chi connectivity index (χ0n) is 19.8. The standard InChI is InChI=1S/C18H24FN3S.2C2HF3O2/c1-21(2)18-20-12-16(23-18)13-22-9-7-14(8-10-22)11-15-5-3-4-6-17(15)19;2*3-2(4,5)1(6)7/h3-6,12,14H,7-11,13H2,1-2H3;2*(H,6,7). The van der Waals surface area contributed by atoms with Crippen LogP contribution in [-0.4, -0.2) is 71.6 Å². The highest BCUT2D eigenvalue weighted by atomic mass is 32.1. The Labute approximate surface area is 212 Å². The number of alkyl halides is 6. The van der Waals surface area contributed by atoms with Gasteiger partial charge in [0.2, 0.25) is 0 Å². The van der Waals surface area contributed by atoms with Crippen molar-refractivity contribution < 1.29 is 50.5 Å². The smallest absolute Gasteiger partial charge is 0.475 e. The Morgan fingerprint density at radius 2 is 1.51 bits per heavy atom. The first-order valence-electron chi connectivity index (χ1n) is 10.7. The van der Waals surface area contributed by atoms with E-state index in [2.05, 4.69) is 14.8 Å². The summed E-state index contributed by atoms with van der Waals surface area (Å²) < 4.78 is 77.2. The van der Waals surface area contributed by atoms with Crippen LogP contribution < -0.4 is 4.90 Å². The quantitative estimate of drug-likeness (QED) is 0.493. The summed E-state index contributed by atoms with van der Waals surface area (Å²) in [6, 6.07) is 7.18. The Balaban J connectivity index is 0.000000404. The van der Waals surface area contributed by atoms with Gasteiger partial charge in [0.25, 0.3) is 0 Å². The van der Waals surface area contributed by atoms with Gasteiger partial charge in [-0.15, -0.1) is 11.3 Å². The molecule has 0 amide bonds. The third-order valence-electron chi connectivity index (χ3n) is 4.96. The number of carboxylic acids is 2. The predicted octanol–water partition coefficient (Wildman–Crippen LogP) is 5.07. The molecule has 0 radical (unpaired) electrons. The molecule has 2 N–H and O–H groups in total. The monoisotopic (exact) mass is 561 g/mol. The van der Waals surface area contributed by atoms with Crippen molar-refractivity contribution >= 4 is 28.4 Å². The summed E-state index contributed by atoms with van der Waals surface area (Å²) in [5.41, 5.74) is 0.865. The van der Waals surface area contributed by atoms with Gasteiger partial charge in [0, 0.05) is 31.7 Å². The van der Waals surface area contributed by atoms with Crippen LogP contribution in [0.4, 0.5) is 35.9 Å². The van der Waals surface area contributed by atoms with E-state index in [1.54, 1.807) is 23.5 Å². The molecule has 0 bridgehead atoms. The summed E-state index contributed by atoms with van der Waals surface area (Å²) in [6.45, 7) is 3.17. The SMILES string of the molecule is CN(C)c1ncc(CN2CCC(Cc3ccccc3F)CC2)s1.O=C(O)C(F)(F)F.O=C(O)C(F)(F)F. The van der Waals surface area contributed by atoms with Gasteiger partial charge in [0.1, 0.15) is 5.82 Å². The molecule has 0 atom stereocenters. The minimum absolute atomic E-state index is 0.0594. The lowest BCUT2D eigenvalue weighted by molar-refractivity contribution is -0.193. The van der Waals surface area contributed by atoms with Crippen LogP contribution in [0.15, 0.2) is 30.5 Å². The van der Waals surface area contributed by atoms with E-state index in [1.165, 1.54) is 4.88 Å². The minimum Gasteiger partial charge on any atom is -0.475 e. The highest BCUT2D eigenvalue weighted by molar-refractivity contribution is 7.15. The maximum Gasteiger partial charge on any atom is 0.490 e. The number of nitrogens with zero attached hydrogens (tertiary/aromatic N) is 3. The predicted molar refractivity (Wildman–Crippen MR) is 122 cm³/mol. The molecule has 2 aromatic rings. The molecule has 1 aliphatic heterocycles.